The molecule has 1 aliphatic rings. The van der Waals surface area contributed by atoms with Crippen LogP contribution >= 0.6 is 54.5 Å². The highest BCUT2D eigenvalue weighted by Crippen LogP contribution is 2.45. The topological polar surface area (TPSA) is 9.23 Å². The fourth-order valence-electron chi connectivity index (χ4n) is 3.78. The van der Waals surface area contributed by atoms with Crippen molar-refractivity contribution >= 4 is 54.5 Å². The minimum atomic E-state index is 0.809. The van der Waals surface area contributed by atoms with Crippen LogP contribution < -0.4 is 4.74 Å². The number of halogens is 3. The molecule has 0 unspecified atom stereocenters. The predicted octanol–water partition coefficient (Wildman–Crippen LogP) is 8.72. The van der Waals surface area contributed by atoms with Crippen molar-refractivity contribution in [2.24, 2.45) is 0 Å². The molecule has 2 aromatic rings. The highest BCUT2D eigenvalue weighted by Gasteiger charge is 2.23. The van der Waals surface area contributed by atoms with Crippen molar-refractivity contribution < 1.29 is 4.74 Å². The third kappa shape index (κ3) is 5.96. The molecule has 27 heavy (non-hydrogen) atoms. The van der Waals surface area contributed by atoms with Gasteiger partial charge in [-0.2, -0.15) is 0 Å². The molecule has 2 aromatic carbocycles. The fourth-order valence-corrected chi connectivity index (χ4v) is 5.21. The van der Waals surface area contributed by atoms with Crippen LogP contribution in [0.5, 0.6) is 5.75 Å². The van der Waals surface area contributed by atoms with Crippen LogP contribution in [0.4, 0.5) is 0 Å². The lowest BCUT2D eigenvalue weighted by Crippen LogP contribution is -2.01. The van der Waals surface area contributed by atoms with E-state index in [0.29, 0.717) is 0 Å². The lowest BCUT2D eigenvalue weighted by atomic mass is 10.1. The van der Waals surface area contributed by atoms with E-state index < -0.39 is 0 Å². The Hall–Kier alpha value is -0.0700. The molecule has 0 fully saturated rings. The number of hydrogen-bond donors (Lipinski definition) is 0. The Morgan fingerprint density at radius 3 is 2.22 bits per heavy atom. The first-order valence-corrected chi connectivity index (χ1v) is 13.1. The van der Waals surface area contributed by atoms with Crippen LogP contribution in [0, 0.1) is 0 Å². The zero-order chi connectivity index (χ0) is 19.1. The maximum absolute atomic E-state index is 6.24. The number of fused-ring (bicyclic) bond motifs is 3. The number of benzene rings is 2. The van der Waals surface area contributed by atoms with Crippen LogP contribution in [0.25, 0.3) is 11.1 Å². The summed E-state index contributed by atoms with van der Waals surface area (Å²) in [5, 5.41) is 0. The van der Waals surface area contributed by atoms with Crippen molar-refractivity contribution in [1.29, 1.82) is 0 Å². The number of unbranched alkanes of at least 4 members (excludes halogenated alkanes) is 7. The van der Waals surface area contributed by atoms with Gasteiger partial charge in [-0.05, 0) is 68.1 Å². The molecule has 0 saturated heterocycles. The average Bonchev–Trinajstić information content (AvgIpc) is 3.02. The van der Waals surface area contributed by atoms with Crippen LogP contribution in [0.1, 0.15) is 62.5 Å². The largest absolute Gasteiger partial charge is 0.492 e. The maximum atomic E-state index is 6.24. The van der Waals surface area contributed by atoms with Crippen molar-refractivity contribution in [3.63, 3.8) is 0 Å². The molecule has 0 saturated carbocycles. The van der Waals surface area contributed by atoms with Gasteiger partial charge in [0.1, 0.15) is 5.75 Å². The highest BCUT2D eigenvalue weighted by atomic mass is 127. The van der Waals surface area contributed by atoms with E-state index in [9.17, 15) is 0 Å². The smallest absolute Gasteiger partial charge is 0.137 e. The Labute approximate surface area is 194 Å². The van der Waals surface area contributed by atoms with Crippen molar-refractivity contribution in [3.8, 4) is 16.9 Å². The molecule has 0 atom stereocenters. The molecule has 0 radical (unpaired) electrons. The van der Waals surface area contributed by atoms with Gasteiger partial charge in [0.05, 0.1) is 11.1 Å². The summed E-state index contributed by atoms with van der Waals surface area (Å²) in [6.45, 7) is 0.809. The van der Waals surface area contributed by atoms with Gasteiger partial charge in [0, 0.05) is 16.5 Å². The number of alkyl halides is 1. The van der Waals surface area contributed by atoms with Crippen molar-refractivity contribution in [3.05, 3.63) is 50.4 Å². The molecule has 3 rings (SSSR count). The summed E-state index contributed by atoms with van der Waals surface area (Å²) in [6.07, 6.45) is 11.6. The molecule has 1 aliphatic carbocycles. The summed E-state index contributed by atoms with van der Waals surface area (Å²) >= 11 is 9.76. The van der Waals surface area contributed by atoms with E-state index in [0.717, 1.165) is 34.1 Å². The second-order valence-electron chi connectivity index (χ2n) is 7.25. The Balaban J connectivity index is 1.47. The molecule has 0 bridgehead atoms. The van der Waals surface area contributed by atoms with Gasteiger partial charge >= 0.3 is 0 Å². The normalized spacial score (nSPS) is 12.1. The molecule has 1 nitrogen and oxygen atoms in total. The molecule has 0 heterocycles. The molecular weight excluding hydrogens is 579 g/mol. The molecule has 146 valence electrons. The summed E-state index contributed by atoms with van der Waals surface area (Å²) in [4.78, 5) is 0. The molecule has 0 aliphatic heterocycles. The minimum absolute atomic E-state index is 0.809. The molecule has 0 spiro atoms. The van der Waals surface area contributed by atoms with E-state index in [4.69, 9.17) is 4.74 Å². The Bertz CT molecular complexity index is 760. The lowest BCUT2D eigenvalue weighted by Gasteiger charge is -2.13. The quantitative estimate of drug-likeness (QED) is 0.121. The van der Waals surface area contributed by atoms with E-state index in [1.54, 1.807) is 0 Å². The standard InChI is InChI=1S/C23H27Br2IO/c24-18-9-10-19-17(15-18)16-21-20(19)11-12-22(25)23(21)27-14-8-6-4-2-1-3-5-7-13-26/h9-12,15H,1-8,13-14,16H2. The summed E-state index contributed by atoms with van der Waals surface area (Å²) in [5.41, 5.74) is 5.37. The first kappa shape index (κ1) is 21.6. The monoisotopic (exact) mass is 604 g/mol. The van der Waals surface area contributed by atoms with E-state index >= 15 is 0 Å². The van der Waals surface area contributed by atoms with Crippen LogP contribution in [0.3, 0.4) is 0 Å². The van der Waals surface area contributed by atoms with E-state index in [2.05, 4.69) is 84.8 Å². The number of rotatable bonds is 11. The van der Waals surface area contributed by atoms with Gasteiger partial charge in [0.15, 0.2) is 0 Å². The van der Waals surface area contributed by atoms with Crippen LogP contribution in [-0.4, -0.2) is 11.0 Å². The fraction of sp³-hybridized carbons (Fsp3) is 0.478. The maximum Gasteiger partial charge on any atom is 0.137 e. The van der Waals surface area contributed by atoms with Gasteiger partial charge in [-0.1, -0.05) is 89.2 Å². The summed E-state index contributed by atoms with van der Waals surface area (Å²) in [5.74, 6) is 1.04. The van der Waals surface area contributed by atoms with E-state index in [1.807, 2.05) is 0 Å². The lowest BCUT2D eigenvalue weighted by molar-refractivity contribution is 0.300. The zero-order valence-electron chi connectivity index (χ0n) is 15.7. The van der Waals surface area contributed by atoms with Gasteiger partial charge in [-0.25, -0.2) is 0 Å². The number of ether oxygens (including phenoxy) is 1. The molecule has 0 amide bonds. The predicted molar refractivity (Wildman–Crippen MR) is 131 cm³/mol. The van der Waals surface area contributed by atoms with Crippen molar-refractivity contribution in [1.82, 2.24) is 0 Å². The van der Waals surface area contributed by atoms with Crippen LogP contribution in [0.15, 0.2) is 39.3 Å². The van der Waals surface area contributed by atoms with Gasteiger partial charge in [0.2, 0.25) is 0 Å². The summed E-state index contributed by atoms with van der Waals surface area (Å²) < 4.78 is 9.76. The molecule has 0 N–H and O–H groups in total. The first-order chi connectivity index (χ1) is 13.2. The van der Waals surface area contributed by atoms with Gasteiger partial charge < -0.3 is 4.74 Å². The third-order valence-corrected chi connectivity index (χ3v) is 7.09. The average molecular weight is 606 g/mol. The number of hydrogen-bond acceptors (Lipinski definition) is 1. The minimum Gasteiger partial charge on any atom is -0.492 e. The van der Waals surface area contributed by atoms with E-state index in [-0.39, 0.29) is 0 Å². The van der Waals surface area contributed by atoms with Crippen molar-refractivity contribution in [2.45, 2.75) is 57.8 Å². The van der Waals surface area contributed by atoms with Gasteiger partial charge in [-0.3, -0.25) is 0 Å². The van der Waals surface area contributed by atoms with Crippen molar-refractivity contribution in [2.75, 3.05) is 11.0 Å². The second kappa shape index (κ2) is 11.2. The van der Waals surface area contributed by atoms with Crippen LogP contribution in [0.2, 0.25) is 0 Å². The summed E-state index contributed by atoms with van der Waals surface area (Å²) in [7, 11) is 0. The Kier molecular flexibility index (Phi) is 8.98. The first-order valence-electron chi connectivity index (χ1n) is 9.99. The summed E-state index contributed by atoms with van der Waals surface area (Å²) in [6, 6.07) is 10.9. The van der Waals surface area contributed by atoms with Gasteiger partial charge in [0.25, 0.3) is 0 Å². The molecule has 0 aromatic heterocycles. The zero-order valence-corrected chi connectivity index (χ0v) is 21.0. The highest BCUT2D eigenvalue weighted by molar-refractivity contribution is 14.1. The second-order valence-corrected chi connectivity index (χ2v) is 10.1. The third-order valence-electron chi connectivity index (χ3n) is 5.21. The molecular formula is C23H27Br2IO. The van der Waals surface area contributed by atoms with E-state index in [1.165, 1.54) is 71.6 Å². The van der Waals surface area contributed by atoms with Gasteiger partial charge in [-0.15, -0.1) is 0 Å². The van der Waals surface area contributed by atoms with Crippen LogP contribution in [-0.2, 0) is 6.42 Å². The Morgan fingerprint density at radius 2 is 1.48 bits per heavy atom. The SMILES string of the molecule is Brc1ccc2c(c1)Cc1c-2ccc(Br)c1OCCCCCCCCCCI. The molecule has 4 heteroatoms. The Morgan fingerprint density at radius 1 is 0.815 bits per heavy atom.